The van der Waals surface area contributed by atoms with Crippen molar-refractivity contribution >= 4 is 0 Å². The SMILES string of the molecule is CCC(N)C(OC1CC(C)OC(C)C1)C(C)(C)C. The van der Waals surface area contributed by atoms with Gasteiger partial charge in [-0.3, -0.25) is 0 Å². The van der Waals surface area contributed by atoms with E-state index >= 15 is 0 Å². The predicted molar refractivity (Wildman–Crippen MR) is 75.6 cm³/mol. The second-order valence-corrected chi connectivity index (χ2v) is 6.85. The van der Waals surface area contributed by atoms with E-state index in [9.17, 15) is 0 Å². The minimum absolute atomic E-state index is 0.0835. The summed E-state index contributed by atoms with van der Waals surface area (Å²) < 4.78 is 12.1. The van der Waals surface area contributed by atoms with Crippen LogP contribution in [0.2, 0.25) is 0 Å². The van der Waals surface area contributed by atoms with Crippen LogP contribution in [-0.4, -0.2) is 30.5 Å². The van der Waals surface area contributed by atoms with E-state index in [0.717, 1.165) is 19.3 Å². The molecule has 4 atom stereocenters. The summed E-state index contributed by atoms with van der Waals surface area (Å²) in [4.78, 5) is 0. The van der Waals surface area contributed by atoms with E-state index in [1.54, 1.807) is 0 Å². The average Bonchev–Trinajstić information content (AvgIpc) is 2.22. The lowest BCUT2D eigenvalue weighted by atomic mass is 9.83. The van der Waals surface area contributed by atoms with Gasteiger partial charge in [0.25, 0.3) is 0 Å². The van der Waals surface area contributed by atoms with Crippen LogP contribution < -0.4 is 5.73 Å². The highest BCUT2D eigenvalue weighted by atomic mass is 16.5. The molecule has 0 bridgehead atoms. The van der Waals surface area contributed by atoms with Gasteiger partial charge in [-0.2, -0.15) is 0 Å². The quantitative estimate of drug-likeness (QED) is 0.841. The Hall–Kier alpha value is -0.120. The molecule has 1 heterocycles. The van der Waals surface area contributed by atoms with Gasteiger partial charge in [-0.25, -0.2) is 0 Å². The van der Waals surface area contributed by atoms with E-state index in [1.807, 2.05) is 0 Å². The van der Waals surface area contributed by atoms with Crippen molar-refractivity contribution in [2.45, 2.75) is 91.3 Å². The molecule has 0 saturated carbocycles. The van der Waals surface area contributed by atoms with E-state index in [-0.39, 0.29) is 35.9 Å². The van der Waals surface area contributed by atoms with Crippen LogP contribution in [-0.2, 0) is 9.47 Å². The fourth-order valence-electron chi connectivity index (χ4n) is 2.82. The van der Waals surface area contributed by atoms with Crippen LogP contribution in [0.1, 0.15) is 60.8 Å². The molecule has 3 heteroatoms. The molecule has 1 fully saturated rings. The van der Waals surface area contributed by atoms with Crippen molar-refractivity contribution in [2.24, 2.45) is 11.1 Å². The maximum absolute atomic E-state index is 6.34. The third-order valence-corrected chi connectivity index (χ3v) is 3.71. The Balaban J connectivity index is 2.65. The van der Waals surface area contributed by atoms with Crippen molar-refractivity contribution in [1.82, 2.24) is 0 Å². The van der Waals surface area contributed by atoms with Crippen LogP contribution in [0.5, 0.6) is 0 Å². The van der Waals surface area contributed by atoms with Gasteiger partial charge in [0.15, 0.2) is 0 Å². The molecule has 3 nitrogen and oxygen atoms in total. The van der Waals surface area contributed by atoms with Gasteiger partial charge in [-0.15, -0.1) is 0 Å². The summed E-state index contributed by atoms with van der Waals surface area (Å²) in [5, 5.41) is 0. The topological polar surface area (TPSA) is 44.5 Å². The lowest BCUT2D eigenvalue weighted by Gasteiger charge is -2.40. The van der Waals surface area contributed by atoms with Crippen LogP contribution in [0.3, 0.4) is 0 Å². The number of hydrogen-bond donors (Lipinski definition) is 1. The fourth-order valence-corrected chi connectivity index (χ4v) is 2.82. The Bertz CT molecular complexity index is 239. The minimum atomic E-state index is 0.0835. The summed E-state index contributed by atoms with van der Waals surface area (Å²) in [6, 6.07) is 0.110. The van der Waals surface area contributed by atoms with Crippen LogP contribution in [0.4, 0.5) is 0 Å². The Morgan fingerprint density at radius 1 is 1.22 bits per heavy atom. The smallest absolute Gasteiger partial charge is 0.0777 e. The highest BCUT2D eigenvalue weighted by Gasteiger charge is 2.35. The highest BCUT2D eigenvalue weighted by molar-refractivity contribution is 4.86. The van der Waals surface area contributed by atoms with Gasteiger partial charge in [0.05, 0.1) is 24.4 Å². The summed E-state index contributed by atoms with van der Waals surface area (Å²) in [5.41, 5.74) is 6.32. The molecule has 1 rings (SSSR count). The Morgan fingerprint density at radius 3 is 2.11 bits per heavy atom. The van der Waals surface area contributed by atoms with Gasteiger partial charge >= 0.3 is 0 Å². The molecular formula is C15H31NO2. The molecule has 2 N–H and O–H groups in total. The predicted octanol–water partition coefficient (Wildman–Crippen LogP) is 3.11. The molecule has 1 aliphatic rings. The molecule has 0 spiro atoms. The molecule has 4 unspecified atom stereocenters. The third-order valence-electron chi connectivity index (χ3n) is 3.71. The standard InChI is InChI=1S/C15H31NO2/c1-7-13(16)14(15(4,5)6)18-12-8-10(2)17-11(3)9-12/h10-14H,7-9,16H2,1-6H3. The first-order valence-corrected chi connectivity index (χ1v) is 7.30. The summed E-state index contributed by atoms with van der Waals surface area (Å²) in [5.74, 6) is 0. The van der Waals surface area contributed by atoms with E-state index in [0.29, 0.717) is 0 Å². The minimum Gasteiger partial charge on any atom is -0.375 e. The van der Waals surface area contributed by atoms with E-state index in [1.165, 1.54) is 0 Å². The number of hydrogen-bond acceptors (Lipinski definition) is 3. The molecule has 0 amide bonds. The van der Waals surface area contributed by atoms with Gasteiger partial charge in [-0.05, 0) is 38.5 Å². The van der Waals surface area contributed by atoms with Crippen molar-refractivity contribution < 1.29 is 9.47 Å². The van der Waals surface area contributed by atoms with Crippen molar-refractivity contribution in [2.75, 3.05) is 0 Å². The number of rotatable bonds is 4. The van der Waals surface area contributed by atoms with E-state index < -0.39 is 0 Å². The molecule has 0 aliphatic carbocycles. The number of ether oxygens (including phenoxy) is 2. The Kier molecular flexibility index (Phi) is 5.63. The summed E-state index contributed by atoms with van der Waals surface area (Å²) in [7, 11) is 0. The molecule has 0 radical (unpaired) electrons. The van der Waals surface area contributed by atoms with Crippen LogP contribution in [0, 0.1) is 5.41 Å². The van der Waals surface area contributed by atoms with Crippen molar-refractivity contribution in [3.05, 3.63) is 0 Å². The fraction of sp³-hybridized carbons (Fsp3) is 1.00. The van der Waals surface area contributed by atoms with E-state index in [4.69, 9.17) is 15.2 Å². The zero-order valence-electron chi connectivity index (χ0n) is 12.9. The number of nitrogens with two attached hydrogens (primary N) is 1. The molecule has 1 saturated heterocycles. The second-order valence-electron chi connectivity index (χ2n) is 6.85. The van der Waals surface area contributed by atoms with Crippen molar-refractivity contribution in [1.29, 1.82) is 0 Å². The lowest BCUT2D eigenvalue weighted by Crippen LogP contribution is -2.48. The zero-order valence-corrected chi connectivity index (χ0v) is 12.9. The largest absolute Gasteiger partial charge is 0.375 e. The van der Waals surface area contributed by atoms with Crippen LogP contribution in [0.25, 0.3) is 0 Å². The van der Waals surface area contributed by atoms with Crippen molar-refractivity contribution in [3.8, 4) is 0 Å². The van der Waals surface area contributed by atoms with E-state index in [2.05, 4.69) is 41.5 Å². The van der Waals surface area contributed by atoms with Crippen LogP contribution >= 0.6 is 0 Å². The Labute approximate surface area is 112 Å². The second kappa shape index (κ2) is 6.36. The third kappa shape index (κ3) is 4.52. The van der Waals surface area contributed by atoms with Gasteiger partial charge in [-0.1, -0.05) is 27.7 Å². The molecule has 18 heavy (non-hydrogen) atoms. The average molecular weight is 257 g/mol. The normalized spacial score (nSPS) is 33.2. The van der Waals surface area contributed by atoms with Gasteiger partial charge in [0, 0.05) is 6.04 Å². The molecular weight excluding hydrogens is 226 g/mol. The molecule has 1 aliphatic heterocycles. The maximum atomic E-state index is 6.34. The van der Waals surface area contributed by atoms with Gasteiger partial charge in [0.2, 0.25) is 0 Å². The Morgan fingerprint density at radius 2 is 1.72 bits per heavy atom. The van der Waals surface area contributed by atoms with Crippen LogP contribution in [0.15, 0.2) is 0 Å². The molecule has 0 aromatic carbocycles. The monoisotopic (exact) mass is 257 g/mol. The lowest BCUT2D eigenvalue weighted by molar-refractivity contribution is -0.146. The van der Waals surface area contributed by atoms with Crippen molar-refractivity contribution in [3.63, 3.8) is 0 Å². The molecule has 108 valence electrons. The highest BCUT2D eigenvalue weighted by Crippen LogP contribution is 2.30. The van der Waals surface area contributed by atoms with Gasteiger partial charge in [0.1, 0.15) is 0 Å². The first kappa shape index (κ1) is 15.9. The molecule has 0 aromatic heterocycles. The molecule has 0 aromatic rings. The first-order chi connectivity index (χ1) is 8.24. The maximum Gasteiger partial charge on any atom is 0.0777 e. The summed E-state index contributed by atoms with van der Waals surface area (Å²) >= 11 is 0. The van der Waals surface area contributed by atoms with Gasteiger partial charge < -0.3 is 15.2 Å². The zero-order chi connectivity index (χ0) is 13.9. The first-order valence-electron chi connectivity index (χ1n) is 7.30. The summed E-state index contributed by atoms with van der Waals surface area (Å²) in [6.07, 6.45) is 3.89. The summed E-state index contributed by atoms with van der Waals surface area (Å²) in [6.45, 7) is 13.0.